The van der Waals surface area contributed by atoms with Crippen LogP contribution in [0.1, 0.15) is 51.1 Å². The van der Waals surface area contributed by atoms with Gasteiger partial charge in [-0.2, -0.15) is 5.10 Å². The first-order chi connectivity index (χ1) is 12.4. The second-order valence-electron chi connectivity index (χ2n) is 6.32. The maximum Gasteiger partial charge on any atom is 0.251 e. The molecule has 2 heterocycles. The zero-order chi connectivity index (χ0) is 18.8. The van der Waals surface area contributed by atoms with Crippen LogP contribution in [0, 0.1) is 20.8 Å². The number of nitrogens with one attached hydrogen (secondary N) is 1. The van der Waals surface area contributed by atoms with E-state index in [1.807, 2.05) is 45.2 Å². The molecule has 0 aliphatic rings. The molecule has 0 radical (unpaired) electrons. The highest BCUT2D eigenvalue weighted by molar-refractivity contribution is 7.11. The third-order valence-corrected chi connectivity index (χ3v) is 5.50. The van der Waals surface area contributed by atoms with Crippen molar-refractivity contribution in [1.82, 2.24) is 25.1 Å². The minimum Gasteiger partial charge on any atom is -0.343 e. The number of amides is 1. The van der Waals surface area contributed by atoms with E-state index in [0.29, 0.717) is 11.4 Å². The fourth-order valence-corrected chi connectivity index (χ4v) is 3.85. The highest BCUT2D eigenvalue weighted by atomic mass is 32.1. The number of aryl methyl sites for hydroxylation is 4. The van der Waals surface area contributed by atoms with Crippen molar-refractivity contribution in [2.45, 2.75) is 40.2 Å². The molecule has 0 unspecified atom stereocenters. The largest absolute Gasteiger partial charge is 0.343 e. The molecule has 136 valence electrons. The van der Waals surface area contributed by atoms with Crippen molar-refractivity contribution >= 4 is 17.2 Å². The molecule has 1 amide bonds. The average Bonchev–Trinajstić information content (AvgIpc) is 3.13. The van der Waals surface area contributed by atoms with Crippen LogP contribution < -0.4 is 5.32 Å². The lowest BCUT2D eigenvalue weighted by atomic mass is 10.1. The Hall–Kier alpha value is -2.54. The molecule has 7 heteroatoms. The third-order valence-electron chi connectivity index (χ3n) is 4.31. The topological polar surface area (TPSA) is 72.7 Å². The lowest BCUT2D eigenvalue weighted by molar-refractivity contribution is 0.0935. The summed E-state index contributed by atoms with van der Waals surface area (Å²) in [5.74, 6) is 1.34. The molecule has 0 saturated carbocycles. The van der Waals surface area contributed by atoms with E-state index in [0.717, 1.165) is 28.5 Å². The summed E-state index contributed by atoms with van der Waals surface area (Å²) in [5.41, 5.74) is 2.50. The van der Waals surface area contributed by atoms with Crippen LogP contribution in [0.5, 0.6) is 0 Å². The molecule has 0 aliphatic heterocycles. The molecule has 0 saturated heterocycles. The maximum atomic E-state index is 12.8. The van der Waals surface area contributed by atoms with Gasteiger partial charge in [-0.05, 0) is 39.3 Å². The van der Waals surface area contributed by atoms with Gasteiger partial charge in [0.1, 0.15) is 10.8 Å². The Kier molecular flexibility index (Phi) is 5.18. The van der Waals surface area contributed by atoms with E-state index in [4.69, 9.17) is 0 Å². The number of nitrogens with zero attached hydrogens (tertiary/aromatic N) is 4. The molecule has 1 N–H and O–H groups in total. The Morgan fingerprint density at radius 3 is 2.62 bits per heavy atom. The lowest BCUT2D eigenvalue weighted by Gasteiger charge is -2.15. The minimum absolute atomic E-state index is 0.0828. The van der Waals surface area contributed by atoms with Gasteiger partial charge in [-0.1, -0.05) is 19.1 Å². The van der Waals surface area contributed by atoms with E-state index in [9.17, 15) is 4.79 Å². The van der Waals surface area contributed by atoms with Crippen molar-refractivity contribution in [3.05, 3.63) is 51.2 Å². The zero-order valence-corrected chi connectivity index (χ0v) is 16.5. The van der Waals surface area contributed by atoms with Gasteiger partial charge in [0.15, 0.2) is 5.82 Å². The third kappa shape index (κ3) is 3.67. The van der Waals surface area contributed by atoms with Gasteiger partial charge in [-0.15, -0.1) is 11.3 Å². The summed E-state index contributed by atoms with van der Waals surface area (Å²) in [6, 6.07) is 7.38. The monoisotopic (exact) mass is 369 g/mol. The maximum absolute atomic E-state index is 12.8. The van der Waals surface area contributed by atoms with E-state index in [1.165, 1.54) is 4.88 Å². The van der Waals surface area contributed by atoms with Crippen LogP contribution in [0.25, 0.3) is 11.4 Å². The molecule has 0 spiro atoms. The summed E-state index contributed by atoms with van der Waals surface area (Å²) in [4.78, 5) is 23.0. The van der Waals surface area contributed by atoms with Gasteiger partial charge in [0.05, 0.1) is 11.7 Å². The molecular weight excluding hydrogens is 346 g/mol. The van der Waals surface area contributed by atoms with Gasteiger partial charge >= 0.3 is 0 Å². The van der Waals surface area contributed by atoms with E-state index < -0.39 is 0 Å². The van der Waals surface area contributed by atoms with Gasteiger partial charge in [0.2, 0.25) is 0 Å². The van der Waals surface area contributed by atoms with Crippen molar-refractivity contribution in [3.63, 3.8) is 0 Å². The number of hydrogen-bond donors (Lipinski definition) is 1. The van der Waals surface area contributed by atoms with Gasteiger partial charge < -0.3 is 5.32 Å². The Morgan fingerprint density at radius 1 is 1.27 bits per heavy atom. The van der Waals surface area contributed by atoms with E-state index in [-0.39, 0.29) is 11.9 Å². The number of aromatic nitrogens is 4. The van der Waals surface area contributed by atoms with Gasteiger partial charge in [0, 0.05) is 23.1 Å². The molecule has 26 heavy (non-hydrogen) atoms. The predicted octanol–water partition coefficient (Wildman–Crippen LogP) is 3.74. The highest BCUT2D eigenvalue weighted by Crippen LogP contribution is 2.25. The second-order valence-corrected chi connectivity index (χ2v) is 7.55. The van der Waals surface area contributed by atoms with Crippen LogP contribution in [0.15, 0.2) is 24.3 Å². The first-order valence-corrected chi connectivity index (χ1v) is 9.43. The Balaban J connectivity index is 1.83. The lowest BCUT2D eigenvalue weighted by Crippen LogP contribution is -2.28. The Bertz CT molecular complexity index is 924. The fraction of sp³-hybridized carbons (Fsp3) is 0.368. The zero-order valence-electron chi connectivity index (χ0n) is 15.7. The second kappa shape index (κ2) is 7.37. The van der Waals surface area contributed by atoms with Crippen LogP contribution in [-0.4, -0.2) is 25.7 Å². The number of rotatable bonds is 5. The molecule has 0 bridgehead atoms. The standard InChI is InChI=1S/C19H23N5OS/c1-6-16(19-20-11(2)12(3)26-19)22-18(25)15-9-7-8-14(10-15)17-21-13(4)23-24(17)5/h7-10,16H,6H2,1-5H3,(H,22,25)/t16-/m0/s1. The average molecular weight is 369 g/mol. The summed E-state index contributed by atoms with van der Waals surface area (Å²) < 4.78 is 1.72. The first-order valence-electron chi connectivity index (χ1n) is 8.62. The Morgan fingerprint density at radius 2 is 2.04 bits per heavy atom. The number of hydrogen-bond acceptors (Lipinski definition) is 5. The number of carbonyl (C=O) groups is 1. The normalized spacial score (nSPS) is 12.2. The summed E-state index contributed by atoms with van der Waals surface area (Å²) in [5, 5.41) is 8.33. The number of thiazole rings is 1. The molecule has 3 aromatic rings. The highest BCUT2D eigenvalue weighted by Gasteiger charge is 2.19. The van der Waals surface area contributed by atoms with E-state index in [1.54, 1.807) is 16.0 Å². The Labute approximate surface area is 157 Å². The summed E-state index contributed by atoms with van der Waals surface area (Å²) in [7, 11) is 1.85. The van der Waals surface area contributed by atoms with Gasteiger partial charge in [-0.25, -0.2) is 14.6 Å². The van der Waals surface area contributed by atoms with Crippen molar-refractivity contribution in [2.75, 3.05) is 0 Å². The summed E-state index contributed by atoms with van der Waals surface area (Å²) >= 11 is 1.64. The minimum atomic E-state index is -0.108. The first kappa shape index (κ1) is 18.3. The molecule has 3 rings (SSSR count). The quantitative estimate of drug-likeness (QED) is 0.743. The van der Waals surface area contributed by atoms with Crippen molar-refractivity contribution in [3.8, 4) is 11.4 Å². The van der Waals surface area contributed by atoms with Crippen LogP contribution in [0.4, 0.5) is 0 Å². The number of carbonyl (C=O) groups excluding carboxylic acids is 1. The van der Waals surface area contributed by atoms with Crippen LogP contribution >= 0.6 is 11.3 Å². The molecular formula is C19H23N5OS. The van der Waals surface area contributed by atoms with E-state index >= 15 is 0 Å². The van der Waals surface area contributed by atoms with Crippen LogP contribution in [0.3, 0.4) is 0 Å². The number of benzene rings is 1. The molecule has 0 aliphatic carbocycles. The van der Waals surface area contributed by atoms with Crippen molar-refractivity contribution in [2.24, 2.45) is 7.05 Å². The molecule has 0 fully saturated rings. The SMILES string of the molecule is CC[C@H](NC(=O)c1cccc(-c2nc(C)nn2C)c1)c1nc(C)c(C)s1. The molecule has 1 atom stereocenters. The molecule has 2 aromatic heterocycles. The van der Waals surface area contributed by atoms with Gasteiger partial charge in [-0.3, -0.25) is 4.79 Å². The van der Waals surface area contributed by atoms with Crippen molar-refractivity contribution < 1.29 is 4.79 Å². The summed E-state index contributed by atoms with van der Waals surface area (Å²) in [6.07, 6.45) is 0.792. The summed E-state index contributed by atoms with van der Waals surface area (Å²) in [6.45, 7) is 7.95. The predicted molar refractivity (Wildman–Crippen MR) is 103 cm³/mol. The van der Waals surface area contributed by atoms with Crippen LogP contribution in [-0.2, 0) is 7.05 Å². The molecule has 6 nitrogen and oxygen atoms in total. The van der Waals surface area contributed by atoms with E-state index in [2.05, 4.69) is 34.2 Å². The molecule has 1 aromatic carbocycles. The smallest absolute Gasteiger partial charge is 0.251 e. The van der Waals surface area contributed by atoms with Gasteiger partial charge in [0.25, 0.3) is 5.91 Å². The van der Waals surface area contributed by atoms with Crippen molar-refractivity contribution in [1.29, 1.82) is 0 Å². The van der Waals surface area contributed by atoms with Crippen LogP contribution in [0.2, 0.25) is 0 Å². The fourth-order valence-electron chi connectivity index (χ4n) is 2.79.